The number of benzene rings is 1. The maximum absolute atomic E-state index is 11.9. The van der Waals surface area contributed by atoms with E-state index in [2.05, 4.69) is 26.5 Å². The lowest BCUT2D eigenvalue weighted by atomic mass is 10.2. The Bertz CT molecular complexity index is 573. The third-order valence-corrected chi connectivity index (χ3v) is 3.55. The summed E-state index contributed by atoms with van der Waals surface area (Å²) < 4.78 is 0. The molecule has 1 aliphatic heterocycles. The van der Waals surface area contributed by atoms with Gasteiger partial charge in [-0.2, -0.15) is 5.10 Å². The van der Waals surface area contributed by atoms with E-state index in [9.17, 15) is 4.79 Å². The molecule has 1 aromatic heterocycles. The van der Waals surface area contributed by atoms with E-state index in [1.54, 1.807) is 6.20 Å². The molecule has 5 heteroatoms. The first-order valence-corrected chi connectivity index (χ1v) is 6.93. The molecule has 104 valence electrons. The molecule has 1 aromatic carbocycles. The number of amides is 1. The lowest BCUT2D eigenvalue weighted by molar-refractivity contribution is 0.102. The number of nitrogens with zero attached hydrogens (tertiary/aromatic N) is 2. The van der Waals surface area contributed by atoms with Gasteiger partial charge in [-0.05, 0) is 43.6 Å². The zero-order chi connectivity index (χ0) is 13.8. The summed E-state index contributed by atoms with van der Waals surface area (Å²) in [5.74, 6) is -0.142. The van der Waals surface area contributed by atoms with Gasteiger partial charge in [-0.3, -0.25) is 14.8 Å². The van der Waals surface area contributed by atoms with Crippen molar-refractivity contribution in [2.45, 2.75) is 19.4 Å². The van der Waals surface area contributed by atoms with Gasteiger partial charge in [-0.1, -0.05) is 12.1 Å². The number of nitrogens with one attached hydrogen (secondary N) is 2. The summed E-state index contributed by atoms with van der Waals surface area (Å²) in [6.07, 6.45) is 5.68. The summed E-state index contributed by atoms with van der Waals surface area (Å²) in [6, 6.07) is 8.03. The Morgan fingerprint density at radius 3 is 2.95 bits per heavy atom. The molecule has 3 rings (SSSR count). The first kappa shape index (κ1) is 12.9. The Morgan fingerprint density at radius 2 is 2.20 bits per heavy atom. The number of H-pyrrole nitrogens is 1. The van der Waals surface area contributed by atoms with Crippen molar-refractivity contribution in [1.82, 2.24) is 15.1 Å². The van der Waals surface area contributed by atoms with Crippen LogP contribution in [0.4, 0.5) is 5.69 Å². The normalized spacial score (nSPS) is 15.4. The minimum atomic E-state index is -0.142. The fourth-order valence-corrected chi connectivity index (χ4v) is 2.52. The molecule has 0 spiro atoms. The Labute approximate surface area is 118 Å². The molecule has 0 radical (unpaired) electrons. The van der Waals surface area contributed by atoms with Crippen molar-refractivity contribution in [1.29, 1.82) is 0 Å². The predicted octanol–water partition coefficient (Wildman–Crippen LogP) is 2.26. The van der Waals surface area contributed by atoms with Gasteiger partial charge in [0.15, 0.2) is 0 Å². The number of likely N-dealkylation sites (tertiary alicyclic amines) is 1. The zero-order valence-corrected chi connectivity index (χ0v) is 11.3. The SMILES string of the molecule is O=C(Nc1cccc(CN2CCCC2)c1)c1cn[nH]c1. The highest BCUT2D eigenvalue weighted by molar-refractivity contribution is 6.03. The van der Waals surface area contributed by atoms with E-state index in [0.29, 0.717) is 5.56 Å². The summed E-state index contributed by atoms with van der Waals surface area (Å²) in [4.78, 5) is 14.4. The van der Waals surface area contributed by atoms with Crippen LogP contribution in [0, 0.1) is 0 Å². The molecule has 20 heavy (non-hydrogen) atoms. The molecule has 1 aliphatic rings. The highest BCUT2D eigenvalue weighted by Crippen LogP contribution is 2.16. The maximum Gasteiger partial charge on any atom is 0.258 e. The van der Waals surface area contributed by atoms with E-state index in [4.69, 9.17) is 0 Å². The molecule has 0 atom stereocenters. The number of aromatic nitrogens is 2. The first-order chi connectivity index (χ1) is 9.81. The Morgan fingerprint density at radius 1 is 1.35 bits per heavy atom. The van der Waals surface area contributed by atoms with Gasteiger partial charge in [0.2, 0.25) is 0 Å². The van der Waals surface area contributed by atoms with E-state index in [1.165, 1.54) is 37.7 Å². The third kappa shape index (κ3) is 3.05. The van der Waals surface area contributed by atoms with Crippen LogP contribution >= 0.6 is 0 Å². The molecule has 0 aliphatic carbocycles. The third-order valence-electron chi connectivity index (χ3n) is 3.55. The van der Waals surface area contributed by atoms with Gasteiger partial charge >= 0.3 is 0 Å². The van der Waals surface area contributed by atoms with E-state index in [1.807, 2.05) is 18.2 Å². The number of carbonyl (C=O) groups excluding carboxylic acids is 1. The molecule has 5 nitrogen and oxygen atoms in total. The van der Waals surface area contributed by atoms with Gasteiger partial charge in [0.1, 0.15) is 0 Å². The van der Waals surface area contributed by atoms with Gasteiger partial charge in [0.05, 0.1) is 11.8 Å². The topological polar surface area (TPSA) is 61.0 Å². The minimum absolute atomic E-state index is 0.142. The van der Waals surface area contributed by atoms with Crippen LogP contribution in [-0.4, -0.2) is 34.1 Å². The lowest BCUT2D eigenvalue weighted by Crippen LogP contribution is -2.18. The van der Waals surface area contributed by atoms with E-state index in [0.717, 1.165) is 12.2 Å². The second-order valence-corrected chi connectivity index (χ2v) is 5.12. The van der Waals surface area contributed by atoms with Crippen molar-refractivity contribution in [3.05, 3.63) is 47.8 Å². The van der Waals surface area contributed by atoms with Gasteiger partial charge in [0, 0.05) is 18.4 Å². The van der Waals surface area contributed by atoms with Gasteiger partial charge in [-0.25, -0.2) is 0 Å². The Kier molecular flexibility index (Phi) is 3.78. The van der Waals surface area contributed by atoms with Gasteiger partial charge < -0.3 is 5.32 Å². The molecule has 0 saturated carbocycles. The van der Waals surface area contributed by atoms with Crippen molar-refractivity contribution in [3.63, 3.8) is 0 Å². The van der Waals surface area contributed by atoms with Gasteiger partial charge in [-0.15, -0.1) is 0 Å². The van der Waals surface area contributed by atoms with Crippen molar-refractivity contribution < 1.29 is 4.79 Å². The number of anilines is 1. The number of aromatic amines is 1. The summed E-state index contributed by atoms with van der Waals surface area (Å²) in [5, 5.41) is 9.31. The minimum Gasteiger partial charge on any atom is -0.322 e. The molecule has 1 saturated heterocycles. The fourth-order valence-electron chi connectivity index (χ4n) is 2.52. The molecular weight excluding hydrogens is 252 g/mol. The zero-order valence-electron chi connectivity index (χ0n) is 11.3. The summed E-state index contributed by atoms with van der Waals surface area (Å²) in [7, 11) is 0. The van der Waals surface area contributed by atoms with Crippen LogP contribution in [-0.2, 0) is 6.54 Å². The van der Waals surface area contributed by atoms with E-state index >= 15 is 0 Å². The standard InChI is InChI=1S/C15H18N4O/c20-15(13-9-16-17-10-13)18-14-5-3-4-12(8-14)11-19-6-1-2-7-19/h3-5,8-10H,1-2,6-7,11H2,(H,16,17)(H,18,20). The molecule has 2 heterocycles. The second-order valence-electron chi connectivity index (χ2n) is 5.12. The van der Waals surface area contributed by atoms with Crippen molar-refractivity contribution in [3.8, 4) is 0 Å². The molecular formula is C15H18N4O. The lowest BCUT2D eigenvalue weighted by Gasteiger charge is -2.15. The summed E-state index contributed by atoms with van der Waals surface area (Å²) in [5.41, 5.74) is 2.60. The number of hydrogen-bond donors (Lipinski definition) is 2. The molecule has 1 fully saturated rings. The van der Waals surface area contributed by atoms with Crippen LogP contribution < -0.4 is 5.32 Å². The fraction of sp³-hybridized carbons (Fsp3) is 0.333. The smallest absolute Gasteiger partial charge is 0.258 e. The number of carbonyl (C=O) groups is 1. The predicted molar refractivity (Wildman–Crippen MR) is 77.5 cm³/mol. The monoisotopic (exact) mass is 270 g/mol. The highest BCUT2D eigenvalue weighted by atomic mass is 16.1. The van der Waals surface area contributed by atoms with Crippen LogP contribution in [0.3, 0.4) is 0 Å². The van der Waals surface area contributed by atoms with E-state index < -0.39 is 0 Å². The molecule has 1 amide bonds. The van der Waals surface area contributed by atoms with Crippen LogP contribution in [0.25, 0.3) is 0 Å². The largest absolute Gasteiger partial charge is 0.322 e. The molecule has 2 N–H and O–H groups in total. The first-order valence-electron chi connectivity index (χ1n) is 6.93. The molecule has 0 bridgehead atoms. The van der Waals surface area contributed by atoms with Crippen LogP contribution in [0.5, 0.6) is 0 Å². The van der Waals surface area contributed by atoms with Crippen molar-refractivity contribution in [2.24, 2.45) is 0 Å². The van der Waals surface area contributed by atoms with Gasteiger partial charge in [0.25, 0.3) is 5.91 Å². The Hall–Kier alpha value is -2.14. The summed E-state index contributed by atoms with van der Waals surface area (Å²) >= 11 is 0. The molecule has 2 aromatic rings. The van der Waals surface area contributed by atoms with Crippen LogP contribution in [0.1, 0.15) is 28.8 Å². The maximum atomic E-state index is 11.9. The summed E-state index contributed by atoms with van der Waals surface area (Å²) in [6.45, 7) is 3.30. The number of rotatable bonds is 4. The molecule has 0 unspecified atom stereocenters. The Balaban J connectivity index is 1.66. The van der Waals surface area contributed by atoms with Crippen molar-refractivity contribution in [2.75, 3.05) is 18.4 Å². The highest BCUT2D eigenvalue weighted by Gasteiger charge is 2.12. The second kappa shape index (κ2) is 5.88. The number of hydrogen-bond acceptors (Lipinski definition) is 3. The van der Waals surface area contributed by atoms with Crippen LogP contribution in [0.2, 0.25) is 0 Å². The average molecular weight is 270 g/mol. The van der Waals surface area contributed by atoms with E-state index in [-0.39, 0.29) is 5.91 Å². The quantitative estimate of drug-likeness (QED) is 0.896. The van der Waals surface area contributed by atoms with Crippen LogP contribution in [0.15, 0.2) is 36.7 Å². The van der Waals surface area contributed by atoms with Crippen molar-refractivity contribution >= 4 is 11.6 Å². The average Bonchev–Trinajstić information content (AvgIpc) is 3.12.